The molecule has 1 atom stereocenters. The zero-order chi connectivity index (χ0) is 19.0. The number of benzene rings is 2. The first-order valence-corrected chi connectivity index (χ1v) is 9.67. The first kappa shape index (κ1) is 18.2. The highest BCUT2D eigenvalue weighted by Gasteiger charge is 2.29. The number of halogens is 1. The van der Waals surface area contributed by atoms with Gasteiger partial charge in [0.1, 0.15) is 11.3 Å². The van der Waals surface area contributed by atoms with Gasteiger partial charge in [-0.25, -0.2) is 0 Å². The first-order chi connectivity index (χ1) is 13.0. The summed E-state index contributed by atoms with van der Waals surface area (Å²) in [6.07, 6.45) is 1.69. The zero-order valence-corrected chi connectivity index (χ0v) is 16.4. The fourth-order valence-electron chi connectivity index (χ4n) is 3.83. The fraction of sp³-hybridized carbons (Fsp3) is 0.318. The van der Waals surface area contributed by atoms with Crippen molar-refractivity contribution in [3.63, 3.8) is 0 Å². The van der Waals surface area contributed by atoms with Gasteiger partial charge in [-0.2, -0.15) is 0 Å². The third-order valence-corrected chi connectivity index (χ3v) is 5.75. The molecule has 140 valence electrons. The summed E-state index contributed by atoms with van der Waals surface area (Å²) >= 11 is 6.58. The van der Waals surface area contributed by atoms with Crippen LogP contribution in [0.25, 0.3) is 10.9 Å². The summed E-state index contributed by atoms with van der Waals surface area (Å²) in [5.74, 6) is 0.222. The molecule has 0 unspecified atom stereocenters. The Morgan fingerprint density at radius 3 is 2.48 bits per heavy atom. The molecule has 0 bridgehead atoms. The molecule has 0 amide bonds. The van der Waals surface area contributed by atoms with Gasteiger partial charge in [0.2, 0.25) is 0 Å². The maximum Gasteiger partial charge on any atom is 0.147 e. The molecule has 3 aromatic rings. The van der Waals surface area contributed by atoms with E-state index in [4.69, 9.17) is 11.6 Å². The van der Waals surface area contributed by atoms with E-state index in [1.165, 1.54) is 5.56 Å². The number of fused-ring (bicyclic) bond motifs is 1. The van der Waals surface area contributed by atoms with Crippen molar-refractivity contribution in [1.29, 1.82) is 0 Å². The van der Waals surface area contributed by atoms with Crippen molar-refractivity contribution in [3.05, 3.63) is 70.4 Å². The van der Waals surface area contributed by atoms with Gasteiger partial charge in [0.15, 0.2) is 0 Å². The second-order valence-corrected chi connectivity index (χ2v) is 7.76. The summed E-state index contributed by atoms with van der Waals surface area (Å²) in [6.45, 7) is 5.97. The Bertz CT molecular complexity index is 950. The van der Waals surface area contributed by atoms with Crippen LogP contribution in [0.1, 0.15) is 22.7 Å². The summed E-state index contributed by atoms with van der Waals surface area (Å²) in [5, 5.41) is 12.5. The number of nitrogens with zero attached hydrogens (tertiary/aromatic N) is 3. The number of likely N-dealkylation sites (N-methyl/N-ethyl adjacent to an activating group) is 1. The van der Waals surface area contributed by atoms with Crippen LogP contribution in [-0.4, -0.2) is 53.1 Å². The van der Waals surface area contributed by atoms with Crippen molar-refractivity contribution >= 4 is 22.5 Å². The van der Waals surface area contributed by atoms with E-state index in [9.17, 15) is 5.11 Å². The standard InChI is InChI=1S/C22H24ClN3O/c1-15-5-7-16(8-6-15)21(26-12-10-25(2)11-13-26)18-14-19(23)17-4-3-9-24-20(17)22(18)27/h3-9,14,21,27H,10-13H2,1-2H3/t21-/m1/s1. The molecule has 1 aromatic heterocycles. The smallest absolute Gasteiger partial charge is 0.147 e. The minimum Gasteiger partial charge on any atom is -0.505 e. The normalized spacial score (nSPS) is 17.3. The SMILES string of the molecule is Cc1ccc([C@H](c2cc(Cl)c3cccnc3c2O)N2CCN(C)CC2)cc1. The van der Waals surface area contributed by atoms with Gasteiger partial charge in [-0.05, 0) is 37.7 Å². The maximum absolute atomic E-state index is 11.1. The number of hydrogen-bond acceptors (Lipinski definition) is 4. The summed E-state index contributed by atoms with van der Waals surface area (Å²) in [6, 6.07) is 14.1. The molecule has 1 saturated heterocycles. The van der Waals surface area contributed by atoms with Gasteiger partial charge < -0.3 is 10.0 Å². The molecule has 1 N–H and O–H groups in total. The van der Waals surface area contributed by atoms with Crippen molar-refractivity contribution in [2.24, 2.45) is 0 Å². The Balaban J connectivity index is 1.87. The van der Waals surface area contributed by atoms with Gasteiger partial charge in [-0.3, -0.25) is 9.88 Å². The molecule has 1 aliphatic heterocycles. The fourth-order valence-corrected chi connectivity index (χ4v) is 4.10. The topological polar surface area (TPSA) is 39.6 Å². The summed E-state index contributed by atoms with van der Waals surface area (Å²) in [5.41, 5.74) is 3.76. The Labute approximate surface area is 165 Å². The molecule has 2 heterocycles. The third kappa shape index (κ3) is 3.53. The monoisotopic (exact) mass is 381 g/mol. The second kappa shape index (κ2) is 7.47. The Morgan fingerprint density at radius 1 is 1.07 bits per heavy atom. The van der Waals surface area contributed by atoms with Crippen LogP contribution in [0, 0.1) is 6.92 Å². The van der Waals surface area contributed by atoms with Gasteiger partial charge in [0.05, 0.1) is 11.1 Å². The van der Waals surface area contributed by atoms with Crippen LogP contribution in [0.3, 0.4) is 0 Å². The summed E-state index contributed by atoms with van der Waals surface area (Å²) in [7, 11) is 2.15. The number of aromatic nitrogens is 1. The molecule has 4 rings (SSSR count). The molecule has 0 spiro atoms. The molecule has 0 saturated carbocycles. The molecule has 27 heavy (non-hydrogen) atoms. The van der Waals surface area contributed by atoms with Crippen LogP contribution in [0.4, 0.5) is 0 Å². The van der Waals surface area contributed by atoms with Crippen LogP contribution in [0.15, 0.2) is 48.7 Å². The van der Waals surface area contributed by atoms with Crippen molar-refractivity contribution < 1.29 is 5.11 Å². The summed E-state index contributed by atoms with van der Waals surface area (Å²) < 4.78 is 0. The highest BCUT2D eigenvalue weighted by Crippen LogP contribution is 2.41. The van der Waals surface area contributed by atoms with Gasteiger partial charge in [-0.1, -0.05) is 41.4 Å². The quantitative estimate of drug-likeness (QED) is 0.736. The van der Waals surface area contributed by atoms with E-state index in [2.05, 4.69) is 53.0 Å². The minimum absolute atomic E-state index is 0.0526. The lowest BCUT2D eigenvalue weighted by Gasteiger charge is -2.38. The van der Waals surface area contributed by atoms with Gasteiger partial charge in [-0.15, -0.1) is 0 Å². The Morgan fingerprint density at radius 2 is 1.78 bits per heavy atom. The number of phenolic OH excluding ortho intramolecular Hbond substituents is 1. The van der Waals surface area contributed by atoms with E-state index < -0.39 is 0 Å². The van der Waals surface area contributed by atoms with Gasteiger partial charge in [0.25, 0.3) is 0 Å². The lowest BCUT2D eigenvalue weighted by Crippen LogP contribution is -2.46. The van der Waals surface area contributed by atoms with E-state index in [0.29, 0.717) is 10.5 Å². The number of hydrogen-bond donors (Lipinski definition) is 1. The van der Waals surface area contributed by atoms with Crippen LogP contribution in [0.5, 0.6) is 5.75 Å². The molecule has 1 aliphatic rings. The molecule has 0 aliphatic carbocycles. The van der Waals surface area contributed by atoms with Crippen LogP contribution >= 0.6 is 11.6 Å². The molecule has 1 fully saturated rings. The molecule has 5 heteroatoms. The van der Waals surface area contributed by atoms with Crippen LogP contribution < -0.4 is 0 Å². The van der Waals surface area contributed by atoms with Crippen molar-refractivity contribution in [3.8, 4) is 5.75 Å². The lowest BCUT2D eigenvalue weighted by molar-refractivity contribution is 0.126. The molecular weight excluding hydrogens is 358 g/mol. The number of pyridine rings is 1. The van der Waals surface area contributed by atoms with Gasteiger partial charge in [0, 0.05) is 43.3 Å². The van der Waals surface area contributed by atoms with E-state index in [0.717, 1.165) is 42.7 Å². The predicted molar refractivity (Wildman–Crippen MR) is 111 cm³/mol. The third-order valence-electron chi connectivity index (χ3n) is 5.44. The number of aromatic hydroxyl groups is 1. The van der Waals surface area contributed by atoms with E-state index in [1.54, 1.807) is 6.20 Å². The minimum atomic E-state index is -0.0526. The highest BCUT2D eigenvalue weighted by molar-refractivity contribution is 6.35. The average Bonchev–Trinajstić information content (AvgIpc) is 2.69. The second-order valence-electron chi connectivity index (χ2n) is 7.35. The van der Waals surface area contributed by atoms with Crippen molar-refractivity contribution in [1.82, 2.24) is 14.8 Å². The van der Waals surface area contributed by atoms with E-state index in [-0.39, 0.29) is 11.8 Å². The largest absolute Gasteiger partial charge is 0.505 e. The zero-order valence-electron chi connectivity index (χ0n) is 15.7. The van der Waals surface area contributed by atoms with Crippen molar-refractivity contribution in [2.45, 2.75) is 13.0 Å². The Kier molecular flexibility index (Phi) is 5.04. The number of aryl methyl sites for hydroxylation is 1. The number of piperazine rings is 1. The lowest BCUT2D eigenvalue weighted by atomic mass is 9.93. The maximum atomic E-state index is 11.1. The molecule has 4 nitrogen and oxygen atoms in total. The predicted octanol–water partition coefficient (Wildman–Crippen LogP) is 4.24. The molecule has 0 radical (unpaired) electrons. The molecular formula is C22H24ClN3O. The number of phenols is 1. The Hall–Kier alpha value is -2.14. The van der Waals surface area contributed by atoms with E-state index >= 15 is 0 Å². The van der Waals surface area contributed by atoms with Gasteiger partial charge >= 0.3 is 0 Å². The van der Waals surface area contributed by atoms with E-state index in [1.807, 2.05) is 18.2 Å². The number of rotatable bonds is 3. The average molecular weight is 382 g/mol. The van der Waals surface area contributed by atoms with Crippen LogP contribution in [-0.2, 0) is 0 Å². The first-order valence-electron chi connectivity index (χ1n) is 9.30. The molecule has 2 aromatic carbocycles. The van der Waals surface area contributed by atoms with Crippen molar-refractivity contribution in [2.75, 3.05) is 33.2 Å². The summed E-state index contributed by atoms with van der Waals surface area (Å²) in [4.78, 5) is 9.14. The van der Waals surface area contributed by atoms with Crippen LogP contribution in [0.2, 0.25) is 5.02 Å². The highest BCUT2D eigenvalue weighted by atomic mass is 35.5.